The number of amides is 1. The Kier molecular flexibility index (Phi) is 5.58. The maximum absolute atomic E-state index is 13.7. The lowest BCUT2D eigenvalue weighted by molar-refractivity contribution is 0.0592. The quantitative estimate of drug-likeness (QED) is 0.560. The molecule has 1 aliphatic heterocycles. The van der Waals surface area contributed by atoms with E-state index in [4.69, 9.17) is 4.74 Å². The first kappa shape index (κ1) is 19.5. The van der Waals surface area contributed by atoms with Crippen LogP contribution in [0.2, 0.25) is 0 Å². The second-order valence-electron chi connectivity index (χ2n) is 6.85. The second kappa shape index (κ2) is 8.29. The van der Waals surface area contributed by atoms with Gasteiger partial charge in [-0.3, -0.25) is 4.79 Å². The van der Waals surface area contributed by atoms with E-state index in [0.29, 0.717) is 30.8 Å². The number of thiophene rings is 1. The molecule has 0 spiro atoms. The van der Waals surface area contributed by atoms with Gasteiger partial charge in [-0.2, -0.15) is 0 Å². The largest absolute Gasteiger partial charge is 0.487 e. The molecule has 3 nitrogen and oxygen atoms in total. The molecule has 0 atom stereocenters. The Morgan fingerprint density at radius 2 is 1.62 bits per heavy atom. The van der Waals surface area contributed by atoms with E-state index in [9.17, 15) is 18.0 Å². The van der Waals surface area contributed by atoms with Gasteiger partial charge in [0.1, 0.15) is 17.7 Å². The lowest BCUT2D eigenvalue weighted by Gasteiger charge is -2.32. The number of halogens is 3. The molecule has 0 saturated carbocycles. The van der Waals surface area contributed by atoms with Crippen LogP contribution in [0, 0.1) is 17.5 Å². The average Bonchev–Trinajstić information content (AvgIpc) is 3.21. The molecule has 150 valence electrons. The summed E-state index contributed by atoms with van der Waals surface area (Å²) in [4.78, 5) is 16.1. The van der Waals surface area contributed by atoms with E-state index in [1.54, 1.807) is 23.1 Å². The Balaban J connectivity index is 1.36. The van der Waals surface area contributed by atoms with Crippen molar-refractivity contribution < 1.29 is 22.7 Å². The van der Waals surface area contributed by atoms with E-state index >= 15 is 0 Å². The summed E-state index contributed by atoms with van der Waals surface area (Å²) in [6, 6.07) is 13.0. The minimum Gasteiger partial charge on any atom is -0.487 e. The molecule has 7 heteroatoms. The summed E-state index contributed by atoms with van der Waals surface area (Å²) < 4.78 is 45.5. The maximum Gasteiger partial charge on any atom is 0.263 e. The highest BCUT2D eigenvalue weighted by atomic mass is 32.1. The third-order valence-electron chi connectivity index (χ3n) is 4.86. The second-order valence-corrected chi connectivity index (χ2v) is 7.94. The summed E-state index contributed by atoms with van der Waals surface area (Å²) in [6.07, 6.45) is 0.912. The Morgan fingerprint density at radius 1 is 0.931 bits per heavy atom. The van der Waals surface area contributed by atoms with Crippen LogP contribution in [0.5, 0.6) is 5.75 Å². The number of ether oxygens (including phenoxy) is 1. The molecule has 0 unspecified atom stereocenters. The standard InChI is InChI=1S/C22H18F3NO2S/c23-15-3-1-14(2-4-15)20-7-8-21(29-20)22(27)26-11-9-17(10-12-26)28-19-6-5-16(24)13-18(19)25/h1-8,13,17H,9-12H2. The number of carbonyl (C=O) groups is 1. The van der Waals surface area contributed by atoms with Gasteiger partial charge >= 0.3 is 0 Å². The third-order valence-corrected chi connectivity index (χ3v) is 5.98. The molecule has 1 fully saturated rings. The zero-order chi connectivity index (χ0) is 20.4. The summed E-state index contributed by atoms with van der Waals surface area (Å²) in [7, 11) is 0. The smallest absolute Gasteiger partial charge is 0.263 e. The summed E-state index contributed by atoms with van der Waals surface area (Å²) in [5.41, 5.74) is 0.865. The van der Waals surface area contributed by atoms with Crippen molar-refractivity contribution in [3.8, 4) is 16.2 Å². The van der Waals surface area contributed by atoms with Crippen molar-refractivity contribution in [1.82, 2.24) is 4.90 Å². The fourth-order valence-corrected chi connectivity index (χ4v) is 4.28. The zero-order valence-electron chi connectivity index (χ0n) is 15.4. The van der Waals surface area contributed by atoms with Crippen LogP contribution in [-0.2, 0) is 0 Å². The molecule has 0 bridgehead atoms. The van der Waals surface area contributed by atoms with Crippen molar-refractivity contribution in [2.24, 2.45) is 0 Å². The van der Waals surface area contributed by atoms with E-state index in [1.807, 2.05) is 6.07 Å². The van der Waals surface area contributed by atoms with E-state index in [0.717, 1.165) is 22.6 Å². The number of hydrogen-bond acceptors (Lipinski definition) is 3. The first-order valence-electron chi connectivity index (χ1n) is 9.26. The molecule has 1 saturated heterocycles. The highest BCUT2D eigenvalue weighted by molar-refractivity contribution is 7.17. The summed E-state index contributed by atoms with van der Waals surface area (Å²) in [5, 5.41) is 0. The SMILES string of the molecule is O=C(c1ccc(-c2ccc(F)cc2)s1)N1CCC(Oc2ccc(F)cc2F)CC1. The van der Waals surface area contributed by atoms with Crippen LogP contribution in [-0.4, -0.2) is 30.0 Å². The molecule has 2 aromatic carbocycles. The Morgan fingerprint density at radius 3 is 2.31 bits per heavy atom. The van der Waals surface area contributed by atoms with Crippen molar-refractivity contribution in [2.45, 2.75) is 18.9 Å². The van der Waals surface area contributed by atoms with E-state index < -0.39 is 11.6 Å². The first-order chi connectivity index (χ1) is 14.0. The van der Waals surface area contributed by atoms with Gasteiger partial charge in [0.05, 0.1) is 4.88 Å². The van der Waals surface area contributed by atoms with Crippen molar-refractivity contribution in [3.05, 3.63) is 76.9 Å². The molecule has 1 aliphatic rings. The Labute approximate surface area is 170 Å². The molecule has 0 radical (unpaired) electrons. The summed E-state index contributed by atoms with van der Waals surface area (Å²) >= 11 is 1.37. The Bertz CT molecular complexity index is 1010. The van der Waals surface area contributed by atoms with Crippen molar-refractivity contribution >= 4 is 17.2 Å². The minimum absolute atomic E-state index is 0.0263. The van der Waals surface area contributed by atoms with Crippen LogP contribution in [0.15, 0.2) is 54.6 Å². The number of nitrogens with zero attached hydrogens (tertiary/aromatic N) is 1. The average molecular weight is 417 g/mol. The molecule has 3 aromatic rings. The van der Waals surface area contributed by atoms with Crippen molar-refractivity contribution in [3.63, 3.8) is 0 Å². The normalized spacial score (nSPS) is 14.8. The number of hydrogen-bond donors (Lipinski definition) is 0. The van der Waals surface area contributed by atoms with Gasteiger partial charge in [0.15, 0.2) is 11.6 Å². The molecule has 0 aliphatic carbocycles. The van der Waals surface area contributed by atoms with Gasteiger partial charge in [-0.05, 0) is 42.0 Å². The zero-order valence-corrected chi connectivity index (χ0v) is 16.2. The van der Waals surface area contributed by atoms with Crippen LogP contribution in [0.3, 0.4) is 0 Å². The summed E-state index contributed by atoms with van der Waals surface area (Å²) in [5.74, 6) is -1.71. The molecular weight excluding hydrogens is 399 g/mol. The molecule has 1 aromatic heterocycles. The van der Waals surface area contributed by atoms with Gasteiger partial charge in [-0.25, -0.2) is 13.2 Å². The van der Waals surface area contributed by atoms with Gasteiger partial charge < -0.3 is 9.64 Å². The van der Waals surface area contributed by atoms with E-state index in [1.165, 1.54) is 29.5 Å². The number of benzene rings is 2. The van der Waals surface area contributed by atoms with E-state index in [-0.39, 0.29) is 23.6 Å². The lowest BCUT2D eigenvalue weighted by Crippen LogP contribution is -2.41. The maximum atomic E-state index is 13.7. The predicted octanol–water partition coefficient (Wildman–Crippen LogP) is 5.52. The van der Waals surface area contributed by atoms with Crippen molar-refractivity contribution in [2.75, 3.05) is 13.1 Å². The van der Waals surface area contributed by atoms with Crippen LogP contribution in [0.25, 0.3) is 10.4 Å². The first-order valence-corrected chi connectivity index (χ1v) is 10.1. The van der Waals surface area contributed by atoms with Crippen LogP contribution < -0.4 is 4.74 Å². The number of piperidine rings is 1. The highest BCUT2D eigenvalue weighted by Gasteiger charge is 2.26. The van der Waals surface area contributed by atoms with Gasteiger partial charge in [0.2, 0.25) is 0 Å². The molecule has 29 heavy (non-hydrogen) atoms. The lowest BCUT2D eigenvalue weighted by atomic mass is 10.1. The van der Waals surface area contributed by atoms with Gasteiger partial charge in [0, 0.05) is 36.9 Å². The molecule has 4 rings (SSSR count). The Hall–Kier alpha value is -2.80. The van der Waals surface area contributed by atoms with E-state index in [2.05, 4.69) is 0 Å². The fraction of sp³-hybridized carbons (Fsp3) is 0.227. The highest BCUT2D eigenvalue weighted by Crippen LogP contribution is 2.30. The summed E-state index contributed by atoms with van der Waals surface area (Å²) in [6.45, 7) is 0.992. The fourth-order valence-electron chi connectivity index (χ4n) is 3.31. The molecule has 1 amide bonds. The van der Waals surface area contributed by atoms with Gasteiger partial charge in [0.25, 0.3) is 5.91 Å². The number of likely N-dealkylation sites (tertiary alicyclic amines) is 1. The minimum atomic E-state index is -0.726. The third kappa shape index (κ3) is 4.45. The van der Waals surface area contributed by atoms with Gasteiger partial charge in [-0.15, -0.1) is 11.3 Å². The number of carbonyl (C=O) groups excluding carboxylic acids is 1. The molecular formula is C22H18F3NO2S. The monoisotopic (exact) mass is 417 g/mol. The molecule has 2 heterocycles. The van der Waals surface area contributed by atoms with Crippen molar-refractivity contribution in [1.29, 1.82) is 0 Å². The predicted molar refractivity (Wildman–Crippen MR) is 106 cm³/mol. The van der Waals surface area contributed by atoms with Crippen LogP contribution in [0.4, 0.5) is 13.2 Å². The topological polar surface area (TPSA) is 29.5 Å². The molecule has 0 N–H and O–H groups in total. The van der Waals surface area contributed by atoms with Gasteiger partial charge in [-0.1, -0.05) is 12.1 Å². The van der Waals surface area contributed by atoms with Crippen LogP contribution in [0.1, 0.15) is 22.5 Å². The van der Waals surface area contributed by atoms with Crippen LogP contribution >= 0.6 is 11.3 Å². The number of rotatable bonds is 4.